The Morgan fingerprint density at radius 1 is 1.40 bits per heavy atom. The van der Waals surface area contributed by atoms with Gasteiger partial charge < -0.3 is 9.73 Å². The highest BCUT2D eigenvalue weighted by molar-refractivity contribution is 7.98. The third-order valence-corrected chi connectivity index (χ3v) is 3.47. The van der Waals surface area contributed by atoms with E-state index in [0.29, 0.717) is 33.3 Å². The zero-order valence-corrected chi connectivity index (χ0v) is 12.8. The van der Waals surface area contributed by atoms with Crippen LogP contribution in [-0.2, 0) is 11.2 Å². The number of nitrogens with one attached hydrogen (secondary N) is 1. The third-order valence-electron chi connectivity index (χ3n) is 2.39. The zero-order chi connectivity index (χ0) is 14.5. The van der Waals surface area contributed by atoms with E-state index >= 15 is 0 Å². The number of aromatic nitrogens is 2. The van der Waals surface area contributed by atoms with E-state index in [1.54, 1.807) is 18.2 Å². The number of nitrogens with zero attached hydrogens (tertiary/aromatic N) is 2. The van der Waals surface area contributed by atoms with Crippen molar-refractivity contribution in [1.82, 2.24) is 10.2 Å². The second kappa shape index (κ2) is 6.97. The van der Waals surface area contributed by atoms with Crippen LogP contribution >= 0.6 is 35.0 Å². The third kappa shape index (κ3) is 4.13. The van der Waals surface area contributed by atoms with E-state index in [1.165, 1.54) is 11.8 Å². The molecular formula is C12H11Cl2N3O2S. The van der Waals surface area contributed by atoms with Crippen LogP contribution in [0.2, 0.25) is 10.0 Å². The molecule has 8 heteroatoms. The van der Waals surface area contributed by atoms with E-state index < -0.39 is 0 Å². The van der Waals surface area contributed by atoms with Crippen molar-refractivity contribution >= 4 is 46.6 Å². The molecular weight excluding hydrogens is 321 g/mol. The van der Waals surface area contributed by atoms with Crippen LogP contribution in [0.4, 0.5) is 5.69 Å². The Hall–Kier alpha value is -1.24. The smallest absolute Gasteiger partial charge is 0.276 e. The molecule has 0 fully saturated rings. The average molecular weight is 332 g/mol. The van der Waals surface area contributed by atoms with E-state index in [9.17, 15) is 4.79 Å². The largest absolute Gasteiger partial charge is 0.416 e. The predicted molar refractivity (Wildman–Crippen MR) is 79.5 cm³/mol. The summed E-state index contributed by atoms with van der Waals surface area (Å²) in [6, 6.07) is 4.88. The summed E-state index contributed by atoms with van der Waals surface area (Å²) < 4.78 is 5.29. The van der Waals surface area contributed by atoms with E-state index in [-0.39, 0.29) is 12.3 Å². The van der Waals surface area contributed by atoms with Gasteiger partial charge in [-0.25, -0.2) is 0 Å². The van der Waals surface area contributed by atoms with Gasteiger partial charge in [-0.3, -0.25) is 4.79 Å². The molecule has 0 saturated carbocycles. The van der Waals surface area contributed by atoms with Crippen molar-refractivity contribution in [2.45, 2.75) is 18.1 Å². The molecule has 2 aromatic rings. The summed E-state index contributed by atoms with van der Waals surface area (Å²) >= 11 is 13.2. The van der Waals surface area contributed by atoms with Crippen molar-refractivity contribution in [3.05, 3.63) is 34.1 Å². The van der Waals surface area contributed by atoms with Crippen LogP contribution < -0.4 is 5.32 Å². The SMILES string of the molecule is CSc1nnc(CCC(=O)Nc2cc(Cl)ccc2Cl)o1. The van der Waals surface area contributed by atoms with Gasteiger partial charge in [0.1, 0.15) is 0 Å². The van der Waals surface area contributed by atoms with Crippen molar-refractivity contribution in [3.63, 3.8) is 0 Å². The fraction of sp³-hybridized carbons (Fsp3) is 0.250. The number of aryl methyl sites for hydroxylation is 1. The molecule has 0 saturated heterocycles. The maximum absolute atomic E-state index is 11.8. The number of benzene rings is 1. The van der Waals surface area contributed by atoms with Gasteiger partial charge in [0.25, 0.3) is 5.22 Å². The lowest BCUT2D eigenvalue weighted by atomic mass is 10.2. The molecule has 1 heterocycles. The van der Waals surface area contributed by atoms with Gasteiger partial charge >= 0.3 is 0 Å². The first kappa shape index (κ1) is 15.2. The fourth-order valence-corrected chi connectivity index (χ4v) is 2.09. The molecule has 2 rings (SSSR count). The standard InChI is InChI=1S/C12H11Cl2N3O2S/c1-20-12-17-16-11(19-12)5-4-10(18)15-9-6-7(13)2-3-8(9)14/h2-3,6H,4-5H2,1H3,(H,15,18). The minimum Gasteiger partial charge on any atom is -0.416 e. The molecule has 0 spiro atoms. The quantitative estimate of drug-likeness (QED) is 0.846. The summed E-state index contributed by atoms with van der Waals surface area (Å²) in [6.45, 7) is 0. The number of carbonyl (C=O) groups excluding carboxylic acids is 1. The van der Waals surface area contributed by atoms with E-state index in [2.05, 4.69) is 15.5 Å². The Labute approximate surface area is 130 Å². The van der Waals surface area contributed by atoms with Crippen molar-refractivity contribution < 1.29 is 9.21 Å². The van der Waals surface area contributed by atoms with E-state index in [4.69, 9.17) is 27.6 Å². The van der Waals surface area contributed by atoms with Crippen LogP contribution in [-0.4, -0.2) is 22.4 Å². The van der Waals surface area contributed by atoms with Gasteiger partial charge in [-0.15, -0.1) is 10.2 Å². The second-order valence-electron chi connectivity index (χ2n) is 3.84. The number of hydrogen-bond donors (Lipinski definition) is 1. The molecule has 1 N–H and O–H groups in total. The van der Waals surface area contributed by atoms with E-state index in [1.807, 2.05) is 6.26 Å². The summed E-state index contributed by atoms with van der Waals surface area (Å²) in [4.78, 5) is 11.8. The van der Waals surface area contributed by atoms with Crippen molar-refractivity contribution in [1.29, 1.82) is 0 Å². The molecule has 1 amide bonds. The number of thioether (sulfide) groups is 1. The van der Waals surface area contributed by atoms with Gasteiger partial charge in [0.05, 0.1) is 10.7 Å². The average Bonchev–Trinajstić information content (AvgIpc) is 2.89. The van der Waals surface area contributed by atoms with Crippen molar-refractivity contribution in [2.75, 3.05) is 11.6 Å². The minimum absolute atomic E-state index is 0.196. The molecule has 106 valence electrons. The monoisotopic (exact) mass is 331 g/mol. The molecule has 20 heavy (non-hydrogen) atoms. The van der Waals surface area contributed by atoms with Gasteiger partial charge in [0.2, 0.25) is 11.8 Å². The van der Waals surface area contributed by atoms with Crippen molar-refractivity contribution in [2.24, 2.45) is 0 Å². The Kier molecular flexibility index (Phi) is 5.28. The van der Waals surface area contributed by atoms with Gasteiger partial charge in [0.15, 0.2) is 0 Å². The summed E-state index contributed by atoms with van der Waals surface area (Å²) in [6.07, 6.45) is 2.43. The van der Waals surface area contributed by atoms with E-state index in [0.717, 1.165) is 0 Å². The molecule has 0 atom stereocenters. The van der Waals surface area contributed by atoms with Crippen LogP contribution in [0.1, 0.15) is 12.3 Å². The molecule has 0 bridgehead atoms. The highest BCUT2D eigenvalue weighted by atomic mass is 35.5. The zero-order valence-electron chi connectivity index (χ0n) is 10.5. The second-order valence-corrected chi connectivity index (χ2v) is 5.44. The summed E-state index contributed by atoms with van der Waals surface area (Å²) in [7, 11) is 0. The Bertz CT molecular complexity index is 618. The van der Waals surface area contributed by atoms with Gasteiger partial charge in [-0.05, 0) is 24.5 Å². The Balaban J connectivity index is 1.90. The number of anilines is 1. The topological polar surface area (TPSA) is 68.0 Å². The van der Waals surface area contributed by atoms with Crippen LogP contribution in [0, 0.1) is 0 Å². The summed E-state index contributed by atoms with van der Waals surface area (Å²) in [5, 5.41) is 11.7. The number of carbonyl (C=O) groups is 1. The van der Waals surface area contributed by atoms with Gasteiger partial charge in [-0.2, -0.15) is 0 Å². The predicted octanol–water partition coefficient (Wildman–Crippen LogP) is 3.67. The number of hydrogen-bond acceptors (Lipinski definition) is 5. The first-order chi connectivity index (χ1) is 9.58. The van der Waals surface area contributed by atoms with Crippen molar-refractivity contribution in [3.8, 4) is 0 Å². The summed E-state index contributed by atoms with van der Waals surface area (Å²) in [5.74, 6) is 0.236. The van der Waals surface area contributed by atoms with Gasteiger partial charge in [0, 0.05) is 17.9 Å². The molecule has 1 aromatic carbocycles. The maximum atomic E-state index is 11.8. The minimum atomic E-state index is -0.196. The molecule has 0 unspecified atom stereocenters. The Morgan fingerprint density at radius 2 is 2.20 bits per heavy atom. The number of amides is 1. The number of halogens is 2. The molecule has 5 nitrogen and oxygen atoms in total. The highest BCUT2D eigenvalue weighted by Crippen LogP contribution is 2.25. The van der Waals surface area contributed by atoms with Crippen LogP contribution in [0.15, 0.2) is 27.8 Å². The molecule has 0 radical (unpaired) electrons. The number of rotatable bonds is 5. The lowest BCUT2D eigenvalue weighted by Crippen LogP contribution is -2.12. The maximum Gasteiger partial charge on any atom is 0.276 e. The van der Waals surface area contributed by atoms with Crippen LogP contribution in [0.5, 0.6) is 0 Å². The molecule has 0 aliphatic rings. The summed E-state index contributed by atoms with van der Waals surface area (Å²) in [5.41, 5.74) is 0.486. The normalized spacial score (nSPS) is 10.6. The van der Waals surface area contributed by atoms with Crippen LogP contribution in [0.25, 0.3) is 0 Å². The van der Waals surface area contributed by atoms with Crippen LogP contribution in [0.3, 0.4) is 0 Å². The molecule has 1 aromatic heterocycles. The lowest BCUT2D eigenvalue weighted by molar-refractivity contribution is -0.116. The molecule has 0 aliphatic carbocycles. The lowest BCUT2D eigenvalue weighted by Gasteiger charge is -2.06. The van der Waals surface area contributed by atoms with Gasteiger partial charge in [-0.1, -0.05) is 35.0 Å². The first-order valence-corrected chi connectivity index (χ1v) is 7.68. The highest BCUT2D eigenvalue weighted by Gasteiger charge is 2.10. The Morgan fingerprint density at radius 3 is 2.90 bits per heavy atom. The molecule has 0 aliphatic heterocycles. The first-order valence-electron chi connectivity index (χ1n) is 5.70. The fourth-order valence-electron chi connectivity index (χ4n) is 1.45.